The Morgan fingerprint density at radius 1 is 1.38 bits per heavy atom. The first kappa shape index (κ1) is 17.9. The van der Waals surface area contributed by atoms with Crippen LogP contribution >= 0.6 is 27.3 Å². The van der Waals surface area contributed by atoms with E-state index in [1.807, 2.05) is 0 Å². The number of carbonyl (C=O) groups is 3. The minimum absolute atomic E-state index is 0.00197. The quantitative estimate of drug-likeness (QED) is 0.571. The average Bonchev–Trinajstić information content (AvgIpc) is 3.19. The van der Waals surface area contributed by atoms with Crippen molar-refractivity contribution in [3.8, 4) is 0 Å². The maximum absolute atomic E-state index is 12.5. The summed E-state index contributed by atoms with van der Waals surface area (Å²) in [6, 6.07) is 5.02. The molecule has 134 valence electrons. The average molecular weight is 439 g/mol. The summed E-state index contributed by atoms with van der Waals surface area (Å²) in [6.07, 6.45) is -1.20. The van der Waals surface area contributed by atoms with Crippen molar-refractivity contribution < 1.29 is 23.9 Å². The normalized spacial score (nSPS) is 10.7. The molecule has 9 nitrogen and oxygen atoms in total. The zero-order valence-corrected chi connectivity index (χ0v) is 15.6. The molecule has 0 aliphatic rings. The van der Waals surface area contributed by atoms with E-state index in [1.54, 1.807) is 18.2 Å². The third-order valence-electron chi connectivity index (χ3n) is 3.41. The van der Waals surface area contributed by atoms with E-state index in [4.69, 9.17) is 15.3 Å². The standard InChI is InChI=1S/C15H11BrN4O5S/c1-20(15(23)24)14-18-8(5-26-14)13(22)19-10-7-4-6(16)2-3-9(7)25-11(10)12(17)21/h2-5H,1H3,(H2,17,21)(H,19,22)(H,23,24). The highest BCUT2D eigenvalue weighted by molar-refractivity contribution is 9.10. The van der Waals surface area contributed by atoms with Gasteiger partial charge in [0, 0.05) is 22.3 Å². The van der Waals surface area contributed by atoms with Crippen molar-refractivity contribution in [3.63, 3.8) is 0 Å². The zero-order chi connectivity index (χ0) is 19.0. The predicted octanol–water partition coefficient (Wildman–Crippen LogP) is 3.12. The second-order valence-electron chi connectivity index (χ2n) is 5.12. The number of amides is 3. The third kappa shape index (κ3) is 3.26. The number of primary amides is 1. The molecule has 0 unspecified atom stereocenters. The number of nitrogens with zero attached hydrogens (tertiary/aromatic N) is 2. The number of hydrogen-bond acceptors (Lipinski definition) is 6. The van der Waals surface area contributed by atoms with Gasteiger partial charge in [-0.15, -0.1) is 11.3 Å². The lowest BCUT2D eigenvalue weighted by Gasteiger charge is -2.07. The van der Waals surface area contributed by atoms with E-state index in [0.717, 1.165) is 20.7 Å². The number of rotatable bonds is 4. The number of halogens is 1. The molecule has 0 radical (unpaired) electrons. The highest BCUT2D eigenvalue weighted by Gasteiger charge is 2.23. The Morgan fingerprint density at radius 2 is 2.12 bits per heavy atom. The van der Waals surface area contributed by atoms with Crippen LogP contribution in [0, 0.1) is 0 Å². The third-order valence-corrected chi connectivity index (χ3v) is 4.82. The fourth-order valence-electron chi connectivity index (χ4n) is 2.15. The van der Waals surface area contributed by atoms with Crippen molar-refractivity contribution in [3.05, 3.63) is 39.5 Å². The number of carboxylic acid groups (broad SMARTS) is 1. The van der Waals surface area contributed by atoms with Crippen LogP contribution in [-0.2, 0) is 0 Å². The molecule has 0 aliphatic carbocycles. The number of benzene rings is 1. The molecule has 26 heavy (non-hydrogen) atoms. The van der Waals surface area contributed by atoms with Crippen LogP contribution < -0.4 is 16.0 Å². The van der Waals surface area contributed by atoms with Gasteiger partial charge >= 0.3 is 6.09 Å². The molecule has 2 aromatic heterocycles. The summed E-state index contributed by atoms with van der Waals surface area (Å²) in [6.45, 7) is 0. The van der Waals surface area contributed by atoms with Gasteiger partial charge in [0.15, 0.2) is 5.13 Å². The second kappa shape index (κ2) is 6.77. The van der Waals surface area contributed by atoms with Gasteiger partial charge in [-0.05, 0) is 18.2 Å². The zero-order valence-electron chi connectivity index (χ0n) is 13.1. The van der Waals surface area contributed by atoms with Crippen LogP contribution in [0.4, 0.5) is 15.6 Å². The number of thiazole rings is 1. The topological polar surface area (TPSA) is 139 Å². The summed E-state index contributed by atoms with van der Waals surface area (Å²) < 4.78 is 6.13. The summed E-state index contributed by atoms with van der Waals surface area (Å²) in [5.41, 5.74) is 5.83. The van der Waals surface area contributed by atoms with Crippen molar-refractivity contribution in [2.24, 2.45) is 5.73 Å². The lowest BCUT2D eigenvalue weighted by atomic mass is 10.2. The summed E-state index contributed by atoms with van der Waals surface area (Å²) >= 11 is 4.31. The minimum Gasteiger partial charge on any atom is -0.465 e. The Hall–Kier alpha value is -2.92. The largest absolute Gasteiger partial charge is 0.465 e. The lowest BCUT2D eigenvalue weighted by molar-refractivity contribution is 0.0977. The molecule has 0 spiro atoms. The molecular weight excluding hydrogens is 428 g/mol. The Balaban J connectivity index is 1.97. The van der Waals surface area contributed by atoms with E-state index < -0.39 is 17.9 Å². The van der Waals surface area contributed by atoms with Crippen molar-refractivity contribution in [2.45, 2.75) is 0 Å². The van der Waals surface area contributed by atoms with Crippen LogP contribution in [0.5, 0.6) is 0 Å². The van der Waals surface area contributed by atoms with E-state index in [-0.39, 0.29) is 22.3 Å². The van der Waals surface area contributed by atoms with Crippen molar-refractivity contribution in [1.29, 1.82) is 0 Å². The maximum Gasteiger partial charge on any atom is 0.413 e. The van der Waals surface area contributed by atoms with Crippen LogP contribution in [0.15, 0.2) is 32.5 Å². The molecule has 2 heterocycles. The van der Waals surface area contributed by atoms with Crippen molar-refractivity contribution >= 4 is 67.0 Å². The van der Waals surface area contributed by atoms with E-state index in [9.17, 15) is 14.4 Å². The molecule has 0 atom stereocenters. The Bertz CT molecular complexity index is 1040. The van der Waals surface area contributed by atoms with Gasteiger partial charge in [-0.3, -0.25) is 14.5 Å². The number of anilines is 2. The van der Waals surface area contributed by atoms with E-state index in [2.05, 4.69) is 26.2 Å². The monoisotopic (exact) mass is 438 g/mol. The van der Waals surface area contributed by atoms with Gasteiger partial charge in [-0.1, -0.05) is 15.9 Å². The molecule has 0 fully saturated rings. The van der Waals surface area contributed by atoms with Gasteiger partial charge in [-0.2, -0.15) is 0 Å². The van der Waals surface area contributed by atoms with Crippen LogP contribution in [0.25, 0.3) is 11.0 Å². The molecule has 0 aliphatic heterocycles. The van der Waals surface area contributed by atoms with Crippen LogP contribution in [-0.4, -0.2) is 35.0 Å². The van der Waals surface area contributed by atoms with Crippen LogP contribution in [0.1, 0.15) is 21.0 Å². The molecule has 4 N–H and O–H groups in total. The van der Waals surface area contributed by atoms with Gasteiger partial charge in [0.2, 0.25) is 5.76 Å². The highest BCUT2D eigenvalue weighted by Crippen LogP contribution is 2.33. The molecule has 11 heteroatoms. The summed E-state index contributed by atoms with van der Waals surface area (Å²) in [5.74, 6) is -1.65. The molecule has 3 aromatic rings. The molecule has 0 saturated heterocycles. The van der Waals surface area contributed by atoms with Crippen LogP contribution in [0.3, 0.4) is 0 Å². The van der Waals surface area contributed by atoms with Gasteiger partial charge in [0.05, 0.1) is 0 Å². The van der Waals surface area contributed by atoms with Gasteiger partial charge in [0.1, 0.15) is 17.0 Å². The SMILES string of the molecule is CN(C(=O)O)c1nc(C(=O)Nc2c(C(N)=O)oc3ccc(Br)cc23)cs1. The van der Waals surface area contributed by atoms with Crippen molar-refractivity contribution in [1.82, 2.24) is 4.98 Å². The van der Waals surface area contributed by atoms with Crippen LogP contribution in [0.2, 0.25) is 0 Å². The first-order valence-electron chi connectivity index (χ1n) is 7.03. The number of furan rings is 1. The van der Waals surface area contributed by atoms with Gasteiger partial charge < -0.3 is 20.6 Å². The Labute approximate surface area is 158 Å². The molecule has 1 aromatic carbocycles. The van der Waals surface area contributed by atoms with E-state index >= 15 is 0 Å². The first-order chi connectivity index (χ1) is 12.3. The number of nitrogens with one attached hydrogen (secondary N) is 1. The number of aromatic nitrogens is 1. The summed E-state index contributed by atoms with van der Waals surface area (Å²) in [7, 11) is 1.31. The maximum atomic E-state index is 12.5. The number of carbonyl (C=O) groups excluding carboxylic acids is 2. The molecule has 3 amide bonds. The highest BCUT2D eigenvalue weighted by atomic mass is 79.9. The van der Waals surface area contributed by atoms with Crippen molar-refractivity contribution in [2.75, 3.05) is 17.3 Å². The lowest BCUT2D eigenvalue weighted by Crippen LogP contribution is -2.24. The van der Waals surface area contributed by atoms with Gasteiger partial charge in [0.25, 0.3) is 11.8 Å². The molecule has 3 rings (SSSR count). The Kier molecular flexibility index (Phi) is 4.66. The molecule has 0 bridgehead atoms. The fourth-order valence-corrected chi connectivity index (χ4v) is 3.27. The summed E-state index contributed by atoms with van der Waals surface area (Å²) in [4.78, 5) is 40.0. The first-order valence-corrected chi connectivity index (χ1v) is 8.70. The smallest absolute Gasteiger partial charge is 0.413 e. The second-order valence-corrected chi connectivity index (χ2v) is 6.87. The van der Waals surface area contributed by atoms with Gasteiger partial charge in [-0.25, -0.2) is 9.78 Å². The summed E-state index contributed by atoms with van der Waals surface area (Å²) in [5, 5.41) is 13.6. The minimum atomic E-state index is -1.20. The number of fused-ring (bicyclic) bond motifs is 1. The number of hydrogen-bond donors (Lipinski definition) is 3. The molecule has 0 saturated carbocycles. The van der Waals surface area contributed by atoms with E-state index in [0.29, 0.717) is 11.0 Å². The molecular formula is C15H11BrN4O5S. The van der Waals surface area contributed by atoms with E-state index in [1.165, 1.54) is 12.4 Å². The predicted molar refractivity (Wildman–Crippen MR) is 98.9 cm³/mol. The Morgan fingerprint density at radius 3 is 2.77 bits per heavy atom. The number of nitrogens with two attached hydrogens (primary N) is 1. The fraction of sp³-hybridized carbons (Fsp3) is 0.0667.